The first-order chi connectivity index (χ1) is 12.0. The minimum atomic E-state index is -0.288. The summed E-state index contributed by atoms with van der Waals surface area (Å²) in [5, 5.41) is 5.36. The standard InChI is InChI=1S/C18H24ClN4O2/c19-15-3-1-13(2-4-15)18(25)14-5-6-21-17(11-14)23-9-7-22(8-10-23)12-16(20)24/h1-4,14,17H,5-12H2,(H2,20,24)/t14?,17-/m1/s1. The number of primary amides is 1. The van der Waals surface area contributed by atoms with E-state index < -0.39 is 0 Å². The van der Waals surface area contributed by atoms with Gasteiger partial charge in [0.05, 0.1) is 12.7 Å². The van der Waals surface area contributed by atoms with Gasteiger partial charge in [-0.05, 0) is 37.1 Å². The highest BCUT2D eigenvalue weighted by molar-refractivity contribution is 6.30. The molecule has 6 nitrogen and oxygen atoms in total. The number of nitrogens with two attached hydrogens (primary N) is 1. The van der Waals surface area contributed by atoms with Crippen LogP contribution in [0.1, 0.15) is 23.2 Å². The Morgan fingerprint density at radius 2 is 1.84 bits per heavy atom. The van der Waals surface area contributed by atoms with Crippen LogP contribution in [0.2, 0.25) is 5.02 Å². The summed E-state index contributed by atoms with van der Waals surface area (Å²) in [4.78, 5) is 28.2. The van der Waals surface area contributed by atoms with Crippen LogP contribution in [0.4, 0.5) is 0 Å². The zero-order valence-electron chi connectivity index (χ0n) is 14.2. The Bertz CT molecular complexity index is 614. The van der Waals surface area contributed by atoms with Gasteiger partial charge in [0.2, 0.25) is 5.91 Å². The van der Waals surface area contributed by atoms with Crippen molar-refractivity contribution in [1.29, 1.82) is 0 Å². The third-order valence-corrected chi connectivity index (χ3v) is 5.27. The molecule has 1 amide bonds. The van der Waals surface area contributed by atoms with Gasteiger partial charge < -0.3 is 5.73 Å². The predicted octanol–water partition coefficient (Wildman–Crippen LogP) is 0.966. The van der Waals surface area contributed by atoms with Crippen LogP contribution in [0.3, 0.4) is 0 Å². The number of piperazine rings is 1. The smallest absolute Gasteiger partial charge is 0.231 e. The fourth-order valence-corrected chi connectivity index (χ4v) is 3.74. The van der Waals surface area contributed by atoms with Crippen LogP contribution in [-0.4, -0.2) is 66.9 Å². The van der Waals surface area contributed by atoms with E-state index in [4.69, 9.17) is 22.7 Å². The van der Waals surface area contributed by atoms with Crippen molar-refractivity contribution in [3.63, 3.8) is 0 Å². The maximum Gasteiger partial charge on any atom is 0.231 e. The van der Waals surface area contributed by atoms with Crippen molar-refractivity contribution in [3.8, 4) is 0 Å². The molecular formula is C18H24ClN4O2. The first kappa shape index (κ1) is 18.3. The highest BCUT2D eigenvalue weighted by Gasteiger charge is 2.33. The van der Waals surface area contributed by atoms with E-state index in [9.17, 15) is 9.59 Å². The zero-order valence-corrected chi connectivity index (χ0v) is 15.0. The number of Topliss-reactive ketones (excluding diaryl/α,β-unsaturated/α-hetero) is 1. The van der Waals surface area contributed by atoms with Crippen LogP contribution in [0, 0.1) is 5.92 Å². The molecule has 2 aliphatic rings. The molecule has 135 valence electrons. The Morgan fingerprint density at radius 1 is 1.16 bits per heavy atom. The number of hydrogen-bond acceptors (Lipinski definition) is 4. The molecule has 2 N–H and O–H groups in total. The van der Waals surface area contributed by atoms with Gasteiger partial charge >= 0.3 is 0 Å². The lowest BCUT2D eigenvalue weighted by Crippen LogP contribution is -2.56. The summed E-state index contributed by atoms with van der Waals surface area (Å²) in [5.41, 5.74) is 5.98. The van der Waals surface area contributed by atoms with E-state index >= 15 is 0 Å². The van der Waals surface area contributed by atoms with Crippen LogP contribution in [0.25, 0.3) is 0 Å². The summed E-state index contributed by atoms with van der Waals surface area (Å²) in [6, 6.07) is 7.12. The summed E-state index contributed by atoms with van der Waals surface area (Å²) in [7, 11) is 0. The van der Waals surface area contributed by atoms with E-state index in [1.165, 1.54) is 0 Å². The molecule has 1 unspecified atom stereocenters. The molecule has 2 atom stereocenters. The lowest BCUT2D eigenvalue weighted by molar-refractivity contribution is -0.119. The fraction of sp³-hybridized carbons (Fsp3) is 0.556. The number of rotatable bonds is 5. The molecule has 7 heteroatoms. The van der Waals surface area contributed by atoms with Crippen molar-refractivity contribution < 1.29 is 9.59 Å². The van der Waals surface area contributed by atoms with Crippen molar-refractivity contribution in [3.05, 3.63) is 34.9 Å². The van der Waals surface area contributed by atoms with Gasteiger partial charge in [-0.25, -0.2) is 5.32 Å². The molecular weight excluding hydrogens is 340 g/mol. The number of piperidine rings is 1. The van der Waals surface area contributed by atoms with Gasteiger partial charge in [0.15, 0.2) is 5.78 Å². The average molecular weight is 364 g/mol. The predicted molar refractivity (Wildman–Crippen MR) is 96.5 cm³/mol. The number of ketones is 1. The Balaban J connectivity index is 1.55. The molecule has 3 rings (SSSR count). The summed E-state index contributed by atoms with van der Waals surface area (Å²) < 4.78 is 0. The number of nitrogens with zero attached hydrogens (tertiary/aromatic N) is 3. The van der Waals surface area contributed by atoms with E-state index in [1.807, 2.05) is 0 Å². The lowest BCUT2D eigenvalue weighted by atomic mass is 9.87. The Morgan fingerprint density at radius 3 is 2.48 bits per heavy atom. The number of carbonyl (C=O) groups excluding carboxylic acids is 2. The monoisotopic (exact) mass is 363 g/mol. The topological polar surface area (TPSA) is 80.7 Å². The van der Waals surface area contributed by atoms with Crippen LogP contribution in [0.15, 0.2) is 24.3 Å². The van der Waals surface area contributed by atoms with E-state index in [1.54, 1.807) is 24.3 Å². The quantitative estimate of drug-likeness (QED) is 0.790. The number of amides is 1. The first-order valence-electron chi connectivity index (χ1n) is 8.74. The van der Waals surface area contributed by atoms with Crippen molar-refractivity contribution >= 4 is 23.3 Å². The van der Waals surface area contributed by atoms with E-state index in [2.05, 4.69) is 9.80 Å². The van der Waals surface area contributed by atoms with Crippen molar-refractivity contribution in [2.45, 2.75) is 19.0 Å². The molecule has 1 aromatic carbocycles. The average Bonchev–Trinajstić information content (AvgIpc) is 2.62. The minimum Gasteiger partial charge on any atom is -0.369 e. The molecule has 2 saturated heterocycles. The number of benzene rings is 1. The third-order valence-electron chi connectivity index (χ3n) is 5.02. The SMILES string of the molecule is NC(=O)CN1CCN([C@@H]2CC(C(=O)c3ccc(Cl)cc3)CC[N]2)CC1. The van der Waals surface area contributed by atoms with Gasteiger partial charge in [-0.15, -0.1) is 0 Å². The number of carbonyl (C=O) groups is 2. The molecule has 0 saturated carbocycles. The van der Waals surface area contributed by atoms with Gasteiger partial charge in [-0.3, -0.25) is 19.4 Å². The fourth-order valence-electron chi connectivity index (χ4n) is 3.62. The number of halogens is 1. The summed E-state index contributed by atoms with van der Waals surface area (Å²) >= 11 is 5.90. The van der Waals surface area contributed by atoms with Gasteiger partial charge in [0.25, 0.3) is 0 Å². The molecule has 0 bridgehead atoms. The van der Waals surface area contributed by atoms with Crippen LogP contribution in [-0.2, 0) is 4.79 Å². The normalized spacial score (nSPS) is 25.6. The first-order valence-corrected chi connectivity index (χ1v) is 9.12. The van der Waals surface area contributed by atoms with Gasteiger partial charge in [-0.1, -0.05) is 11.6 Å². The minimum absolute atomic E-state index is 0.00678. The maximum absolute atomic E-state index is 12.7. The number of hydrogen-bond donors (Lipinski definition) is 1. The molecule has 0 spiro atoms. The summed E-state index contributed by atoms with van der Waals surface area (Å²) in [6.45, 7) is 4.35. The highest BCUT2D eigenvalue weighted by atomic mass is 35.5. The second kappa shape index (κ2) is 8.27. The molecule has 1 radical (unpaired) electrons. The van der Waals surface area contributed by atoms with Crippen LogP contribution >= 0.6 is 11.6 Å². The second-order valence-corrected chi connectivity index (χ2v) is 7.19. The molecule has 2 fully saturated rings. The second-order valence-electron chi connectivity index (χ2n) is 6.76. The zero-order chi connectivity index (χ0) is 17.8. The highest BCUT2D eigenvalue weighted by Crippen LogP contribution is 2.25. The van der Waals surface area contributed by atoms with Crippen LogP contribution < -0.4 is 11.1 Å². The van der Waals surface area contributed by atoms with Crippen LogP contribution in [0.5, 0.6) is 0 Å². The van der Waals surface area contributed by atoms with E-state index in [0.29, 0.717) is 11.6 Å². The largest absolute Gasteiger partial charge is 0.369 e. The van der Waals surface area contributed by atoms with E-state index in [0.717, 1.165) is 51.1 Å². The van der Waals surface area contributed by atoms with Gasteiger partial charge in [-0.2, -0.15) is 0 Å². The molecule has 2 heterocycles. The maximum atomic E-state index is 12.7. The Kier molecular flexibility index (Phi) is 6.06. The molecule has 1 aromatic rings. The van der Waals surface area contributed by atoms with Crippen molar-refractivity contribution in [2.75, 3.05) is 39.3 Å². The van der Waals surface area contributed by atoms with Gasteiger partial charge in [0.1, 0.15) is 0 Å². The molecule has 2 aliphatic heterocycles. The van der Waals surface area contributed by atoms with Crippen molar-refractivity contribution in [2.24, 2.45) is 11.7 Å². The summed E-state index contributed by atoms with van der Waals surface area (Å²) in [6.07, 6.45) is 1.65. The Hall–Kier alpha value is -1.47. The molecule has 0 aromatic heterocycles. The molecule has 25 heavy (non-hydrogen) atoms. The lowest BCUT2D eigenvalue weighted by Gasteiger charge is -2.41. The molecule has 0 aliphatic carbocycles. The third kappa shape index (κ3) is 4.79. The van der Waals surface area contributed by atoms with Gasteiger partial charge in [0, 0.05) is 49.2 Å². The van der Waals surface area contributed by atoms with Crippen molar-refractivity contribution in [1.82, 2.24) is 15.1 Å². The van der Waals surface area contributed by atoms with E-state index in [-0.39, 0.29) is 23.8 Å². The summed E-state index contributed by atoms with van der Waals surface area (Å²) in [5.74, 6) is -0.0966. The Labute approximate surface area is 153 Å².